The Bertz CT molecular complexity index is 1100. The van der Waals surface area contributed by atoms with E-state index in [0.717, 1.165) is 11.1 Å². The van der Waals surface area contributed by atoms with Crippen molar-refractivity contribution in [2.45, 2.75) is 18.4 Å². The fourth-order valence-electron chi connectivity index (χ4n) is 2.64. The van der Waals surface area contributed by atoms with Gasteiger partial charge in [0.05, 0.1) is 15.9 Å². The monoisotopic (exact) mass is 473 g/mol. The van der Waals surface area contributed by atoms with Crippen LogP contribution in [-0.4, -0.2) is 19.5 Å². The Morgan fingerprint density at radius 3 is 2.34 bits per heavy atom. The van der Waals surface area contributed by atoms with Crippen LogP contribution in [0, 0.1) is 6.92 Å². The van der Waals surface area contributed by atoms with E-state index in [-0.39, 0.29) is 28.3 Å². The molecular formula is C22H20BrNO4S. The number of anilines is 1. The van der Waals surface area contributed by atoms with Crippen LogP contribution in [0.2, 0.25) is 0 Å². The van der Waals surface area contributed by atoms with Gasteiger partial charge in [0, 0.05) is 5.56 Å². The molecule has 0 atom stereocenters. The number of aryl methyl sites for hydroxylation is 1. The van der Waals surface area contributed by atoms with Crippen LogP contribution in [-0.2, 0) is 16.6 Å². The van der Waals surface area contributed by atoms with Crippen molar-refractivity contribution in [2.75, 3.05) is 10.1 Å². The SMILES string of the molecule is Cc1ccc(S(=O)(=O)Nc2cc(C(=O)CBr)ccc2OCc2ccccc2)cc1. The fraction of sp³-hybridized carbons (Fsp3) is 0.136. The number of hydrogen-bond donors (Lipinski definition) is 1. The molecule has 3 aromatic rings. The van der Waals surface area contributed by atoms with Crippen molar-refractivity contribution in [1.29, 1.82) is 0 Å². The van der Waals surface area contributed by atoms with Crippen molar-refractivity contribution in [1.82, 2.24) is 0 Å². The molecule has 0 saturated heterocycles. The summed E-state index contributed by atoms with van der Waals surface area (Å²) >= 11 is 3.14. The number of carbonyl (C=O) groups is 1. The van der Waals surface area contributed by atoms with Crippen molar-refractivity contribution in [3.8, 4) is 5.75 Å². The summed E-state index contributed by atoms with van der Waals surface area (Å²) in [4.78, 5) is 12.2. The lowest BCUT2D eigenvalue weighted by Crippen LogP contribution is -2.14. The number of rotatable bonds is 8. The minimum absolute atomic E-state index is 0.134. The first-order valence-electron chi connectivity index (χ1n) is 8.88. The third-order valence-electron chi connectivity index (χ3n) is 4.24. The predicted octanol–water partition coefficient (Wildman–Crippen LogP) is 4.95. The smallest absolute Gasteiger partial charge is 0.262 e. The highest BCUT2D eigenvalue weighted by atomic mass is 79.9. The van der Waals surface area contributed by atoms with Gasteiger partial charge in [-0.05, 0) is 42.8 Å². The van der Waals surface area contributed by atoms with Crippen LogP contribution in [0.4, 0.5) is 5.69 Å². The lowest BCUT2D eigenvalue weighted by Gasteiger charge is -2.15. The zero-order valence-electron chi connectivity index (χ0n) is 15.8. The number of ether oxygens (including phenoxy) is 1. The maximum atomic E-state index is 12.8. The van der Waals surface area contributed by atoms with E-state index in [1.807, 2.05) is 37.3 Å². The molecule has 0 aromatic heterocycles. The molecule has 0 heterocycles. The third kappa shape index (κ3) is 5.46. The minimum Gasteiger partial charge on any atom is -0.487 e. The number of Topliss-reactive ketones (excluding diaryl/α,β-unsaturated/α-hetero) is 1. The molecule has 7 heteroatoms. The van der Waals surface area contributed by atoms with Crippen molar-refractivity contribution in [3.63, 3.8) is 0 Å². The maximum Gasteiger partial charge on any atom is 0.262 e. The summed E-state index contributed by atoms with van der Waals surface area (Å²) in [6.45, 7) is 2.15. The minimum atomic E-state index is -3.84. The first-order chi connectivity index (χ1) is 13.9. The summed E-state index contributed by atoms with van der Waals surface area (Å²) in [5.41, 5.74) is 2.50. The summed E-state index contributed by atoms with van der Waals surface area (Å²) in [6.07, 6.45) is 0. The number of alkyl halides is 1. The lowest BCUT2D eigenvalue weighted by atomic mass is 10.1. The number of ketones is 1. The van der Waals surface area contributed by atoms with Crippen molar-refractivity contribution >= 4 is 37.4 Å². The van der Waals surface area contributed by atoms with Crippen molar-refractivity contribution in [2.24, 2.45) is 0 Å². The van der Waals surface area contributed by atoms with Gasteiger partial charge in [0.1, 0.15) is 12.4 Å². The molecule has 0 unspecified atom stereocenters. The highest BCUT2D eigenvalue weighted by Crippen LogP contribution is 2.29. The lowest BCUT2D eigenvalue weighted by molar-refractivity contribution is 0.102. The average molecular weight is 474 g/mol. The Morgan fingerprint density at radius 1 is 1.00 bits per heavy atom. The number of sulfonamides is 1. The fourth-order valence-corrected chi connectivity index (χ4v) is 4.03. The Labute approximate surface area is 178 Å². The first-order valence-corrected chi connectivity index (χ1v) is 11.5. The van der Waals surface area contributed by atoms with E-state index >= 15 is 0 Å². The second-order valence-corrected chi connectivity index (χ2v) is 8.70. The van der Waals surface area contributed by atoms with E-state index in [1.165, 1.54) is 18.2 Å². The Balaban J connectivity index is 1.92. The molecule has 0 aliphatic rings. The van der Waals surface area contributed by atoms with Crippen LogP contribution >= 0.6 is 15.9 Å². The van der Waals surface area contributed by atoms with Gasteiger partial charge in [0.25, 0.3) is 10.0 Å². The second-order valence-electron chi connectivity index (χ2n) is 6.46. The van der Waals surface area contributed by atoms with Crippen molar-refractivity contribution < 1.29 is 17.9 Å². The van der Waals surface area contributed by atoms with Gasteiger partial charge in [-0.3, -0.25) is 9.52 Å². The average Bonchev–Trinajstić information content (AvgIpc) is 2.73. The molecule has 3 aromatic carbocycles. The van der Waals surface area contributed by atoms with E-state index in [9.17, 15) is 13.2 Å². The van der Waals surface area contributed by atoms with Gasteiger partial charge in [-0.1, -0.05) is 64.0 Å². The molecule has 0 radical (unpaired) electrons. The molecular weight excluding hydrogens is 454 g/mol. The summed E-state index contributed by atoms with van der Waals surface area (Å²) in [5, 5.41) is 0.140. The predicted molar refractivity (Wildman–Crippen MR) is 117 cm³/mol. The highest BCUT2D eigenvalue weighted by molar-refractivity contribution is 9.09. The number of hydrogen-bond acceptors (Lipinski definition) is 4. The molecule has 0 aliphatic carbocycles. The van der Waals surface area contributed by atoms with E-state index in [4.69, 9.17) is 4.74 Å². The van der Waals surface area contributed by atoms with Crippen LogP contribution in [0.5, 0.6) is 5.75 Å². The van der Waals surface area contributed by atoms with Gasteiger partial charge in [-0.15, -0.1) is 0 Å². The summed E-state index contributed by atoms with van der Waals surface area (Å²) < 4.78 is 34.1. The topological polar surface area (TPSA) is 72.5 Å². The Morgan fingerprint density at radius 2 is 1.69 bits per heavy atom. The number of benzene rings is 3. The van der Waals surface area contributed by atoms with Crippen LogP contribution in [0.3, 0.4) is 0 Å². The maximum absolute atomic E-state index is 12.8. The van der Waals surface area contributed by atoms with Crippen molar-refractivity contribution in [3.05, 3.63) is 89.5 Å². The zero-order valence-corrected chi connectivity index (χ0v) is 18.2. The Hall–Kier alpha value is -2.64. The van der Waals surface area contributed by atoms with E-state index in [2.05, 4.69) is 20.7 Å². The molecule has 1 N–H and O–H groups in total. The molecule has 0 saturated carbocycles. The summed E-state index contributed by atoms with van der Waals surface area (Å²) in [5.74, 6) is 0.186. The molecule has 5 nitrogen and oxygen atoms in total. The zero-order chi connectivity index (χ0) is 20.9. The molecule has 0 fully saturated rings. The second kappa shape index (κ2) is 9.24. The largest absolute Gasteiger partial charge is 0.487 e. The van der Waals surface area contributed by atoms with Crippen LogP contribution in [0.15, 0.2) is 77.7 Å². The van der Waals surface area contributed by atoms with Gasteiger partial charge in [0.15, 0.2) is 5.78 Å². The third-order valence-corrected chi connectivity index (χ3v) is 6.13. The first kappa shape index (κ1) is 21.1. The van der Waals surface area contributed by atoms with Gasteiger partial charge >= 0.3 is 0 Å². The van der Waals surface area contributed by atoms with E-state index in [0.29, 0.717) is 11.3 Å². The van der Waals surface area contributed by atoms with Crippen LogP contribution < -0.4 is 9.46 Å². The number of carbonyl (C=O) groups excluding carboxylic acids is 1. The van der Waals surface area contributed by atoms with Gasteiger partial charge < -0.3 is 4.74 Å². The quantitative estimate of drug-likeness (QED) is 0.370. The van der Waals surface area contributed by atoms with Crippen LogP contribution in [0.25, 0.3) is 0 Å². The number of nitrogens with one attached hydrogen (secondary N) is 1. The Kier molecular flexibility index (Phi) is 6.71. The highest BCUT2D eigenvalue weighted by Gasteiger charge is 2.18. The van der Waals surface area contributed by atoms with Gasteiger partial charge in [-0.2, -0.15) is 0 Å². The van der Waals surface area contributed by atoms with Crippen LogP contribution in [0.1, 0.15) is 21.5 Å². The van der Waals surface area contributed by atoms with E-state index in [1.54, 1.807) is 24.3 Å². The van der Waals surface area contributed by atoms with Gasteiger partial charge in [0.2, 0.25) is 0 Å². The summed E-state index contributed by atoms with van der Waals surface area (Å²) in [6, 6.07) is 20.8. The standard InChI is InChI=1S/C22H20BrNO4S/c1-16-7-10-19(11-8-16)29(26,27)24-20-13-18(21(25)14-23)9-12-22(20)28-15-17-5-3-2-4-6-17/h2-13,24H,14-15H2,1H3. The molecule has 0 spiro atoms. The molecule has 0 aliphatic heterocycles. The summed E-state index contributed by atoms with van der Waals surface area (Å²) in [7, 11) is -3.84. The molecule has 0 bridgehead atoms. The normalized spacial score (nSPS) is 11.1. The van der Waals surface area contributed by atoms with Gasteiger partial charge in [-0.25, -0.2) is 8.42 Å². The molecule has 3 rings (SSSR count). The number of halogens is 1. The molecule has 29 heavy (non-hydrogen) atoms. The molecule has 0 amide bonds. The molecule has 150 valence electrons. The van der Waals surface area contributed by atoms with E-state index < -0.39 is 10.0 Å².